The number of esters is 1. The first-order valence-electron chi connectivity index (χ1n) is 7.20. The average Bonchev–Trinajstić information content (AvgIpc) is 2.49. The normalized spacial score (nSPS) is 25.3. The molecule has 0 aromatic rings. The zero-order valence-corrected chi connectivity index (χ0v) is 16.0. The average molecular weight is 393 g/mol. The van der Waals surface area contributed by atoms with Crippen molar-refractivity contribution in [2.24, 2.45) is 0 Å². The molecule has 2 aliphatic heterocycles. The van der Waals surface area contributed by atoms with E-state index in [4.69, 9.17) is 27.9 Å². The van der Waals surface area contributed by atoms with Gasteiger partial charge < -0.3 is 10.1 Å². The summed E-state index contributed by atoms with van der Waals surface area (Å²) in [5, 5.41) is 2.10. The van der Waals surface area contributed by atoms with Gasteiger partial charge in [-0.05, 0) is 33.3 Å². The van der Waals surface area contributed by atoms with Crippen molar-refractivity contribution in [2.75, 3.05) is 5.88 Å². The van der Waals surface area contributed by atoms with Gasteiger partial charge in [-0.1, -0.05) is 23.4 Å². The van der Waals surface area contributed by atoms with E-state index in [0.717, 1.165) is 0 Å². The molecule has 0 aromatic carbocycles. The van der Waals surface area contributed by atoms with Crippen molar-refractivity contribution in [3.63, 3.8) is 0 Å². The molecule has 2 aliphatic rings. The van der Waals surface area contributed by atoms with Gasteiger partial charge in [0.25, 0.3) is 5.91 Å². The van der Waals surface area contributed by atoms with Crippen LogP contribution < -0.4 is 5.32 Å². The van der Waals surface area contributed by atoms with Crippen LogP contribution in [0.25, 0.3) is 0 Å². The Morgan fingerprint density at radius 1 is 1.42 bits per heavy atom. The van der Waals surface area contributed by atoms with Crippen LogP contribution in [0.2, 0.25) is 0 Å². The third-order valence-corrected chi connectivity index (χ3v) is 5.38. The number of nitrogens with zero attached hydrogens (tertiary/aromatic N) is 1. The zero-order valence-electron chi connectivity index (χ0n) is 13.7. The number of hydrogen-bond acceptors (Lipinski definition) is 5. The highest BCUT2D eigenvalue weighted by Gasteiger charge is 2.55. The zero-order chi connectivity index (χ0) is 18.2. The molecule has 0 aromatic heterocycles. The van der Waals surface area contributed by atoms with E-state index in [-0.39, 0.29) is 17.5 Å². The number of rotatable bonds is 3. The minimum absolute atomic E-state index is 0.155. The number of fused-ring (bicyclic) bond motifs is 1. The monoisotopic (exact) mass is 392 g/mol. The molecule has 2 atom stereocenters. The highest BCUT2D eigenvalue weighted by molar-refractivity contribution is 8.04. The molecular formula is C15H18Cl2N2O4S. The third kappa shape index (κ3) is 3.58. The fourth-order valence-electron chi connectivity index (χ4n) is 2.37. The first kappa shape index (κ1) is 19.1. The van der Waals surface area contributed by atoms with Crippen molar-refractivity contribution >= 4 is 52.7 Å². The molecule has 24 heavy (non-hydrogen) atoms. The number of nitrogens with one attached hydrogen (secondary N) is 1. The van der Waals surface area contributed by atoms with Crippen LogP contribution in [0.15, 0.2) is 21.7 Å². The number of carbonyl (C=O) groups excluding carboxylic acids is 3. The summed E-state index contributed by atoms with van der Waals surface area (Å²) >= 11 is 12.6. The van der Waals surface area contributed by atoms with Crippen LogP contribution in [-0.2, 0) is 19.1 Å². The van der Waals surface area contributed by atoms with Gasteiger partial charge >= 0.3 is 5.97 Å². The first-order valence-corrected chi connectivity index (χ1v) is 9.05. The largest absolute Gasteiger partial charge is 0.455 e. The maximum atomic E-state index is 12.5. The highest BCUT2D eigenvalue weighted by Crippen LogP contribution is 2.46. The quantitative estimate of drug-likeness (QED) is 0.453. The third-order valence-electron chi connectivity index (χ3n) is 3.39. The molecule has 0 radical (unpaired) electrons. The van der Waals surface area contributed by atoms with Gasteiger partial charge in [0.2, 0.25) is 5.91 Å². The summed E-state index contributed by atoms with van der Waals surface area (Å²) in [6, 6.07) is -0.751. The molecule has 0 spiro atoms. The van der Waals surface area contributed by atoms with Crippen LogP contribution in [0.1, 0.15) is 27.7 Å². The standard InChI is InChI=1S/C15H18Cl2N2O4S/c1-7-8(5-16)24-13-10(18-9(20)6-17)12(21)19(13)11(7)14(22)23-15(2,3)4/h5,10,13H,6H2,1-4H3,(H,18,20)/b8-5-/t10?,13-/m1/s1. The second-order valence-corrected chi connectivity index (χ2v) is 7.99. The van der Waals surface area contributed by atoms with Gasteiger partial charge in [-0.25, -0.2) is 4.79 Å². The van der Waals surface area contributed by atoms with Crippen LogP contribution in [0.5, 0.6) is 0 Å². The molecule has 2 amide bonds. The number of alkyl halides is 1. The number of β-lactam (4-membered cyclic amide) rings is 1. The van der Waals surface area contributed by atoms with Crippen molar-refractivity contribution in [3.05, 3.63) is 21.7 Å². The van der Waals surface area contributed by atoms with Crippen LogP contribution in [0.4, 0.5) is 0 Å². The predicted molar refractivity (Wildman–Crippen MR) is 93.4 cm³/mol. The summed E-state index contributed by atoms with van der Waals surface area (Å²) in [6.07, 6.45) is 0. The molecule has 6 nitrogen and oxygen atoms in total. The number of halogens is 2. The lowest BCUT2D eigenvalue weighted by atomic mass is 10.0. The van der Waals surface area contributed by atoms with Gasteiger partial charge in [0.1, 0.15) is 28.6 Å². The molecule has 1 N–H and O–H groups in total. The Morgan fingerprint density at radius 2 is 2.04 bits per heavy atom. The number of ether oxygens (including phenoxy) is 1. The van der Waals surface area contributed by atoms with Crippen molar-refractivity contribution in [3.8, 4) is 0 Å². The lowest BCUT2D eigenvalue weighted by Gasteiger charge is -2.50. The van der Waals surface area contributed by atoms with Crippen LogP contribution >= 0.6 is 35.0 Å². The van der Waals surface area contributed by atoms with E-state index in [1.807, 2.05) is 0 Å². The van der Waals surface area contributed by atoms with E-state index < -0.39 is 28.9 Å². The summed E-state index contributed by atoms with van der Waals surface area (Å²) in [6.45, 7) is 6.94. The Balaban J connectivity index is 2.34. The molecule has 0 bridgehead atoms. The number of hydrogen-bond donors (Lipinski definition) is 1. The predicted octanol–water partition coefficient (Wildman–Crippen LogP) is 2.32. The molecule has 0 saturated carbocycles. The van der Waals surface area contributed by atoms with Gasteiger partial charge in [-0.2, -0.15) is 0 Å². The van der Waals surface area contributed by atoms with Crippen molar-refractivity contribution in [1.29, 1.82) is 0 Å². The fourth-order valence-corrected chi connectivity index (χ4v) is 3.98. The fraction of sp³-hybridized carbons (Fsp3) is 0.533. The summed E-state index contributed by atoms with van der Waals surface area (Å²) in [5.74, 6) is -1.67. The summed E-state index contributed by atoms with van der Waals surface area (Å²) < 4.78 is 5.40. The highest BCUT2D eigenvalue weighted by atomic mass is 35.5. The molecule has 1 fully saturated rings. The van der Waals surface area contributed by atoms with E-state index in [1.54, 1.807) is 27.7 Å². The van der Waals surface area contributed by atoms with Crippen LogP contribution in [0.3, 0.4) is 0 Å². The second kappa shape index (κ2) is 6.98. The second-order valence-electron chi connectivity index (χ2n) is 6.34. The molecule has 1 unspecified atom stereocenters. The van der Waals surface area contributed by atoms with Crippen molar-refractivity contribution in [2.45, 2.75) is 44.7 Å². The molecule has 132 valence electrons. The minimum atomic E-state index is -0.751. The number of allylic oxidation sites excluding steroid dienone is 1. The van der Waals surface area contributed by atoms with E-state index in [2.05, 4.69) is 5.32 Å². The van der Waals surface area contributed by atoms with E-state index in [0.29, 0.717) is 10.5 Å². The Kier molecular flexibility index (Phi) is 5.57. The minimum Gasteiger partial charge on any atom is -0.455 e. The van der Waals surface area contributed by atoms with Crippen molar-refractivity contribution < 1.29 is 19.1 Å². The Bertz CT molecular complexity index is 654. The summed E-state index contributed by atoms with van der Waals surface area (Å²) in [4.78, 5) is 38.5. The lowest BCUT2D eigenvalue weighted by molar-refractivity contribution is -0.158. The summed E-state index contributed by atoms with van der Waals surface area (Å²) in [5.41, 5.74) is 1.37. The van der Waals surface area contributed by atoms with E-state index >= 15 is 0 Å². The van der Waals surface area contributed by atoms with Crippen molar-refractivity contribution in [1.82, 2.24) is 10.2 Å². The van der Waals surface area contributed by atoms with Crippen LogP contribution in [0, 0.1) is 0 Å². The molecular weight excluding hydrogens is 375 g/mol. The van der Waals surface area contributed by atoms with Gasteiger partial charge in [0.15, 0.2) is 0 Å². The van der Waals surface area contributed by atoms with E-state index in [9.17, 15) is 14.4 Å². The smallest absolute Gasteiger partial charge is 0.355 e. The van der Waals surface area contributed by atoms with E-state index in [1.165, 1.54) is 22.2 Å². The number of thioether (sulfide) groups is 1. The number of amides is 2. The topological polar surface area (TPSA) is 75.7 Å². The Labute approximate surface area is 154 Å². The molecule has 0 aliphatic carbocycles. The maximum absolute atomic E-state index is 12.5. The molecule has 9 heteroatoms. The number of carbonyl (C=O) groups is 3. The van der Waals surface area contributed by atoms with Gasteiger partial charge in [0, 0.05) is 10.4 Å². The molecule has 1 saturated heterocycles. The summed E-state index contributed by atoms with van der Waals surface area (Å²) in [7, 11) is 0. The maximum Gasteiger partial charge on any atom is 0.355 e. The first-order chi connectivity index (χ1) is 11.1. The molecule has 2 rings (SSSR count). The van der Waals surface area contributed by atoms with Gasteiger partial charge in [-0.3, -0.25) is 14.5 Å². The van der Waals surface area contributed by atoms with Gasteiger partial charge in [0.05, 0.1) is 0 Å². The Hall–Kier alpha value is -1.18. The lowest BCUT2D eigenvalue weighted by Crippen LogP contribution is -2.70. The SMILES string of the molecule is CC1=C(C(=O)OC(C)(C)C)N2C(=O)C(NC(=O)CCl)[C@H]2S/C1=C\Cl. The van der Waals surface area contributed by atoms with Crippen LogP contribution in [-0.4, -0.2) is 45.6 Å². The van der Waals surface area contributed by atoms with Gasteiger partial charge in [-0.15, -0.1) is 11.6 Å². The molecule has 2 heterocycles. The Morgan fingerprint density at radius 3 is 2.54 bits per heavy atom.